The second kappa shape index (κ2) is 6.94. The average Bonchev–Trinajstić information content (AvgIpc) is 2.45. The van der Waals surface area contributed by atoms with Gasteiger partial charge in [-0.3, -0.25) is 10.1 Å². The lowest BCUT2D eigenvalue weighted by Gasteiger charge is -2.26. The Morgan fingerprint density at radius 3 is 2.50 bits per heavy atom. The van der Waals surface area contributed by atoms with Crippen molar-refractivity contribution >= 4 is 21.9 Å². The summed E-state index contributed by atoms with van der Waals surface area (Å²) < 4.78 is 0.955. The average molecular weight is 364 g/mol. The van der Waals surface area contributed by atoms with Gasteiger partial charge in [-0.2, -0.15) is 0 Å². The topological polar surface area (TPSA) is 69.6 Å². The lowest BCUT2D eigenvalue weighted by atomic mass is 9.92. The number of carbonyl (C=O) groups is 1. The van der Waals surface area contributed by atoms with Crippen LogP contribution in [-0.4, -0.2) is 21.7 Å². The highest BCUT2D eigenvalue weighted by molar-refractivity contribution is 9.10. The van der Waals surface area contributed by atoms with Gasteiger partial charge in [0, 0.05) is 17.4 Å². The fraction of sp³-hybridized carbons (Fsp3) is 0.235. The first kappa shape index (κ1) is 16.5. The molecule has 2 aromatic carbocycles. The summed E-state index contributed by atoms with van der Waals surface area (Å²) in [5, 5.41) is 22.2. The first-order valence-corrected chi connectivity index (χ1v) is 7.69. The highest BCUT2D eigenvalue weighted by Crippen LogP contribution is 2.19. The fourth-order valence-corrected chi connectivity index (χ4v) is 2.68. The maximum absolute atomic E-state index is 11.7. The van der Waals surface area contributed by atoms with Crippen molar-refractivity contribution in [2.75, 3.05) is 0 Å². The quantitative estimate of drug-likeness (QED) is 0.736. The van der Waals surface area contributed by atoms with Crippen LogP contribution in [0.3, 0.4) is 0 Å². The molecule has 1 unspecified atom stereocenters. The van der Waals surface area contributed by atoms with E-state index in [0.717, 1.165) is 15.6 Å². The Balaban J connectivity index is 2.12. The Bertz CT molecular complexity index is 674. The third-order valence-corrected chi connectivity index (χ3v) is 4.01. The van der Waals surface area contributed by atoms with Gasteiger partial charge < -0.3 is 10.2 Å². The van der Waals surface area contributed by atoms with Gasteiger partial charge in [0.05, 0.1) is 0 Å². The maximum Gasteiger partial charge on any atom is 0.323 e. The van der Waals surface area contributed by atoms with Crippen LogP contribution in [-0.2, 0) is 17.8 Å². The number of rotatable bonds is 6. The van der Waals surface area contributed by atoms with E-state index in [1.54, 1.807) is 25.1 Å². The van der Waals surface area contributed by atoms with Gasteiger partial charge in [-0.05, 0) is 42.3 Å². The van der Waals surface area contributed by atoms with Gasteiger partial charge in [-0.1, -0.05) is 40.2 Å². The molecule has 0 amide bonds. The highest BCUT2D eigenvalue weighted by atomic mass is 79.9. The second-order valence-corrected chi connectivity index (χ2v) is 6.38. The number of hydrogen-bond donors (Lipinski definition) is 3. The molecule has 0 saturated carbocycles. The monoisotopic (exact) mass is 363 g/mol. The van der Waals surface area contributed by atoms with Gasteiger partial charge in [0.2, 0.25) is 0 Å². The van der Waals surface area contributed by atoms with E-state index in [2.05, 4.69) is 21.2 Å². The van der Waals surface area contributed by atoms with Crippen molar-refractivity contribution in [2.45, 2.75) is 25.4 Å². The molecule has 0 fully saturated rings. The molecule has 4 nitrogen and oxygen atoms in total. The van der Waals surface area contributed by atoms with Gasteiger partial charge in [0.15, 0.2) is 0 Å². The summed E-state index contributed by atoms with van der Waals surface area (Å²) in [6.45, 7) is 2.10. The minimum absolute atomic E-state index is 0.136. The molecular weight excluding hydrogens is 346 g/mol. The van der Waals surface area contributed by atoms with Gasteiger partial charge in [0.25, 0.3) is 0 Å². The molecule has 3 N–H and O–H groups in total. The molecule has 0 bridgehead atoms. The van der Waals surface area contributed by atoms with E-state index >= 15 is 0 Å². The number of carboxylic acids is 1. The van der Waals surface area contributed by atoms with Crippen LogP contribution in [0.1, 0.15) is 18.1 Å². The summed E-state index contributed by atoms with van der Waals surface area (Å²) in [5.41, 5.74) is 0.653. The number of benzene rings is 2. The maximum atomic E-state index is 11.7. The number of carboxylic acid groups (broad SMARTS) is 1. The molecule has 0 heterocycles. The summed E-state index contributed by atoms with van der Waals surface area (Å²) >= 11 is 3.40. The zero-order chi connectivity index (χ0) is 16.2. The van der Waals surface area contributed by atoms with E-state index in [1.165, 1.54) is 0 Å². The summed E-state index contributed by atoms with van der Waals surface area (Å²) in [6.07, 6.45) is 0.282. The van der Waals surface area contributed by atoms with Crippen LogP contribution in [0.4, 0.5) is 0 Å². The smallest absolute Gasteiger partial charge is 0.323 e. The van der Waals surface area contributed by atoms with Crippen molar-refractivity contribution < 1.29 is 15.0 Å². The summed E-state index contributed by atoms with van der Waals surface area (Å²) in [7, 11) is 0. The lowest BCUT2D eigenvalue weighted by Crippen LogP contribution is -2.50. The van der Waals surface area contributed by atoms with Crippen molar-refractivity contribution in [2.24, 2.45) is 0 Å². The van der Waals surface area contributed by atoms with E-state index < -0.39 is 11.5 Å². The van der Waals surface area contributed by atoms with Gasteiger partial charge in [-0.25, -0.2) is 0 Å². The molecule has 116 valence electrons. The van der Waals surface area contributed by atoms with Gasteiger partial charge >= 0.3 is 5.97 Å². The first-order valence-electron chi connectivity index (χ1n) is 6.90. The minimum Gasteiger partial charge on any atom is -0.508 e. The van der Waals surface area contributed by atoms with E-state index in [-0.39, 0.29) is 12.2 Å². The van der Waals surface area contributed by atoms with E-state index in [9.17, 15) is 15.0 Å². The summed E-state index contributed by atoms with van der Waals surface area (Å²) in [6, 6.07) is 14.4. The Kier molecular flexibility index (Phi) is 5.21. The van der Waals surface area contributed by atoms with Crippen LogP contribution < -0.4 is 5.32 Å². The van der Waals surface area contributed by atoms with Gasteiger partial charge in [0.1, 0.15) is 11.3 Å². The number of nitrogens with one attached hydrogen (secondary N) is 1. The molecule has 0 aromatic heterocycles. The van der Waals surface area contributed by atoms with Crippen molar-refractivity contribution in [3.63, 3.8) is 0 Å². The minimum atomic E-state index is -1.11. The van der Waals surface area contributed by atoms with Crippen molar-refractivity contribution in [1.29, 1.82) is 0 Å². The normalized spacial score (nSPS) is 13.5. The van der Waals surface area contributed by atoms with Crippen LogP contribution in [0.5, 0.6) is 5.75 Å². The van der Waals surface area contributed by atoms with Crippen LogP contribution in [0.25, 0.3) is 0 Å². The predicted octanol–water partition coefficient (Wildman–Crippen LogP) is 3.33. The standard InChI is InChI=1S/C17H18BrNO3/c1-17(16(21)22,10-12-4-3-7-15(20)9-12)19-11-13-5-2-6-14(18)8-13/h2-9,19-20H,10-11H2,1H3,(H,21,22). The third-order valence-electron chi connectivity index (χ3n) is 3.51. The molecule has 0 saturated heterocycles. The highest BCUT2D eigenvalue weighted by Gasteiger charge is 2.32. The Labute approximate surface area is 137 Å². The first-order chi connectivity index (χ1) is 10.4. The second-order valence-electron chi connectivity index (χ2n) is 5.47. The van der Waals surface area contributed by atoms with Crippen LogP contribution in [0.2, 0.25) is 0 Å². The molecule has 0 aliphatic heterocycles. The molecule has 1 atom stereocenters. The number of phenolic OH excluding ortho intramolecular Hbond substituents is 1. The molecule has 0 aliphatic carbocycles. The van der Waals surface area contributed by atoms with Gasteiger partial charge in [-0.15, -0.1) is 0 Å². The van der Waals surface area contributed by atoms with Crippen molar-refractivity contribution in [3.05, 3.63) is 64.1 Å². The van der Waals surface area contributed by atoms with Crippen LogP contribution in [0, 0.1) is 0 Å². The van der Waals surface area contributed by atoms with Crippen molar-refractivity contribution in [1.82, 2.24) is 5.32 Å². The number of halogens is 1. The van der Waals surface area contributed by atoms with E-state index in [1.807, 2.05) is 30.3 Å². The molecular formula is C17H18BrNO3. The molecule has 2 aromatic rings. The number of phenols is 1. The summed E-state index contributed by atoms with van der Waals surface area (Å²) in [5.74, 6) is -0.789. The Morgan fingerprint density at radius 2 is 1.86 bits per heavy atom. The Morgan fingerprint density at radius 1 is 1.18 bits per heavy atom. The van der Waals surface area contributed by atoms with Crippen molar-refractivity contribution in [3.8, 4) is 5.75 Å². The SMILES string of the molecule is CC(Cc1cccc(O)c1)(NCc1cccc(Br)c1)C(=O)O. The number of aliphatic carboxylic acids is 1. The van der Waals surface area contributed by atoms with Crippen LogP contribution in [0.15, 0.2) is 53.0 Å². The number of aromatic hydroxyl groups is 1. The molecule has 5 heteroatoms. The largest absolute Gasteiger partial charge is 0.508 e. The lowest BCUT2D eigenvalue weighted by molar-refractivity contribution is -0.144. The third kappa shape index (κ3) is 4.32. The van der Waals surface area contributed by atoms with E-state index in [0.29, 0.717) is 6.54 Å². The molecule has 0 radical (unpaired) electrons. The molecule has 22 heavy (non-hydrogen) atoms. The molecule has 2 rings (SSSR count). The zero-order valence-electron chi connectivity index (χ0n) is 12.2. The van der Waals surface area contributed by atoms with E-state index in [4.69, 9.17) is 0 Å². The Hall–Kier alpha value is -1.85. The van der Waals surface area contributed by atoms with Crippen LogP contribution >= 0.6 is 15.9 Å². The molecule has 0 aliphatic rings. The predicted molar refractivity (Wildman–Crippen MR) is 88.8 cm³/mol. The number of hydrogen-bond acceptors (Lipinski definition) is 3. The zero-order valence-corrected chi connectivity index (χ0v) is 13.8. The molecule has 0 spiro atoms. The fourth-order valence-electron chi connectivity index (χ4n) is 2.23. The summed E-state index contributed by atoms with van der Waals surface area (Å²) in [4.78, 5) is 11.7.